The lowest BCUT2D eigenvalue weighted by Gasteiger charge is -2.13. The summed E-state index contributed by atoms with van der Waals surface area (Å²) in [5, 5.41) is 3.17. The number of nitrogens with two attached hydrogens (primary N) is 1. The van der Waals surface area contributed by atoms with Crippen molar-refractivity contribution in [1.29, 1.82) is 0 Å². The summed E-state index contributed by atoms with van der Waals surface area (Å²) in [5.74, 6) is 0.436. The summed E-state index contributed by atoms with van der Waals surface area (Å²) < 4.78 is 5.58. The van der Waals surface area contributed by atoms with E-state index in [9.17, 15) is 4.79 Å². The molecule has 22 heavy (non-hydrogen) atoms. The van der Waals surface area contributed by atoms with Crippen molar-refractivity contribution in [3.05, 3.63) is 52.0 Å². The number of nitrogen functional groups attached to an aromatic ring is 1. The number of aryl methyl sites for hydroxylation is 3. The molecule has 0 aliphatic heterocycles. The Morgan fingerprint density at radius 1 is 1.18 bits per heavy atom. The zero-order chi connectivity index (χ0) is 16.3. The quantitative estimate of drug-likeness (QED) is 0.841. The number of hydrogen-bond acceptors (Lipinski definition) is 3. The molecule has 0 unspecified atom stereocenters. The molecule has 0 aromatic heterocycles. The molecular formula is C17H19ClN2O2. The Hall–Kier alpha value is -2.20. The van der Waals surface area contributed by atoms with Crippen molar-refractivity contribution < 1.29 is 9.53 Å². The number of amides is 1. The molecule has 0 saturated carbocycles. The van der Waals surface area contributed by atoms with Gasteiger partial charge >= 0.3 is 0 Å². The molecule has 0 atom stereocenters. The predicted octanol–water partition coefficient (Wildman–Crippen LogP) is 3.86. The fraction of sp³-hybridized carbons (Fsp3) is 0.235. The maximum atomic E-state index is 12.0. The van der Waals surface area contributed by atoms with Crippen molar-refractivity contribution in [3.8, 4) is 5.75 Å². The molecule has 4 nitrogen and oxygen atoms in total. The van der Waals surface area contributed by atoms with Crippen LogP contribution in [-0.4, -0.2) is 12.5 Å². The second kappa shape index (κ2) is 6.71. The lowest BCUT2D eigenvalue weighted by molar-refractivity contribution is -0.118. The van der Waals surface area contributed by atoms with E-state index in [1.165, 1.54) is 0 Å². The zero-order valence-electron chi connectivity index (χ0n) is 12.9. The number of rotatable bonds is 4. The fourth-order valence-corrected chi connectivity index (χ4v) is 2.43. The SMILES string of the molecule is Cc1ccc(C)c(OCC(=O)Nc2c(C)cc(N)cc2Cl)c1. The molecule has 116 valence electrons. The molecular weight excluding hydrogens is 300 g/mol. The van der Waals surface area contributed by atoms with E-state index in [0.717, 1.165) is 16.7 Å². The van der Waals surface area contributed by atoms with E-state index in [2.05, 4.69) is 5.32 Å². The van der Waals surface area contributed by atoms with Gasteiger partial charge in [-0.3, -0.25) is 4.79 Å². The van der Waals surface area contributed by atoms with Gasteiger partial charge in [-0.15, -0.1) is 0 Å². The van der Waals surface area contributed by atoms with E-state index >= 15 is 0 Å². The normalized spacial score (nSPS) is 10.4. The molecule has 0 heterocycles. The molecule has 3 N–H and O–H groups in total. The average Bonchev–Trinajstić information content (AvgIpc) is 2.44. The highest BCUT2D eigenvalue weighted by Gasteiger charge is 2.11. The Morgan fingerprint density at radius 2 is 1.91 bits per heavy atom. The van der Waals surface area contributed by atoms with Crippen LogP contribution in [0.25, 0.3) is 0 Å². The minimum Gasteiger partial charge on any atom is -0.483 e. The number of hydrogen-bond donors (Lipinski definition) is 2. The first-order valence-corrected chi connectivity index (χ1v) is 7.30. The first-order valence-electron chi connectivity index (χ1n) is 6.92. The van der Waals surface area contributed by atoms with Gasteiger partial charge in [-0.05, 0) is 55.7 Å². The van der Waals surface area contributed by atoms with E-state index in [4.69, 9.17) is 22.1 Å². The minimum atomic E-state index is -0.268. The number of nitrogens with one attached hydrogen (secondary N) is 1. The highest BCUT2D eigenvalue weighted by Crippen LogP contribution is 2.28. The van der Waals surface area contributed by atoms with E-state index in [1.54, 1.807) is 12.1 Å². The second-order valence-electron chi connectivity index (χ2n) is 5.30. The highest BCUT2D eigenvalue weighted by molar-refractivity contribution is 6.34. The largest absolute Gasteiger partial charge is 0.483 e. The van der Waals surface area contributed by atoms with Crippen molar-refractivity contribution in [1.82, 2.24) is 0 Å². The van der Waals surface area contributed by atoms with Gasteiger partial charge in [0.1, 0.15) is 5.75 Å². The van der Waals surface area contributed by atoms with Crippen LogP contribution in [0.2, 0.25) is 5.02 Å². The van der Waals surface area contributed by atoms with Gasteiger partial charge in [-0.2, -0.15) is 0 Å². The Balaban J connectivity index is 2.03. The monoisotopic (exact) mass is 318 g/mol. The Morgan fingerprint density at radius 3 is 2.59 bits per heavy atom. The van der Waals surface area contributed by atoms with Gasteiger partial charge in [-0.25, -0.2) is 0 Å². The number of anilines is 2. The third kappa shape index (κ3) is 3.92. The van der Waals surface area contributed by atoms with E-state index in [0.29, 0.717) is 22.1 Å². The molecule has 2 aromatic carbocycles. The summed E-state index contributed by atoms with van der Waals surface area (Å²) in [4.78, 5) is 12.0. The summed E-state index contributed by atoms with van der Waals surface area (Å²) in [6.45, 7) is 5.67. The molecule has 0 bridgehead atoms. The van der Waals surface area contributed by atoms with Gasteiger partial charge in [0.15, 0.2) is 6.61 Å². The molecule has 0 saturated heterocycles. The standard InChI is InChI=1S/C17H19ClN2O2/c1-10-4-5-11(2)15(6-10)22-9-16(21)20-17-12(3)7-13(19)8-14(17)18/h4-8H,9,19H2,1-3H3,(H,20,21). The number of carbonyl (C=O) groups is 1. The van der Waals surface area contributed by atoms with Crippen LogP contribution in [-0.2, 0) is 4.79 Å². The van der Waals surface area contributed by atoms with Crippen LogP contribution in [0.4, 0.5) is 11.4 Å². The lowest BCUT2D eigenvalue weighted by Crippen LogP contribution is -2.21. The fourth-order valence-electron chi connectivity index (χ4n) is 2.11. The number of carbonyl (C=O) groups excluding carboxylic acids is 1. The average molecular weight is 319 g/mol. The van der Waals surface area contributed by atoms with Crippen molar-refractivity contribution in [2.24, 2.45) is 0 Å². The first-order chi connectivity index (χ1) is 10.4. The summed E-state index contributed by atoms with van der Waals surface area (Å²) in [7, 11) is 0. The molecule has 0 fully saturated rings. The van der Waals surface area contributed by atoms with Gasteiger partial charge in [-0.1, -0.05) is 23.7 Å². The molecule has 2 aromatic rings. The number of ether oxygens (including phenoxy) is 1. The third-order valence-electron chi connectivity index (χ3n) is 3.28. The summed E-state index contributed by atoms with van der Waals surface area (Å²) in [6.07, 6.45) is 0. The predicted molar refractivity (Wildman–Crippen MR) is 90.6 cm³/mol. The van der Waals surface area contributed by atoms with Gasteiger partial charge in [0.05, 0.1) is 10.7 Å². The van der Waals surface area contributed by atoms with Crippen LogP contribution in [0.5, 0.6) is 5.75 Å². The zero-order valence-corrected chi connectivity index (χ0v) is 13.6. The van der Waals surface area contributed by atoms with Crippen LogP contribution in [0, 0.1) is 20.8 Å². The summed E-state index contributed by atoms with van der Waals surface area (Å²) in [6, 6.07) is 9.23. The van der Waals surface area contributed by atoms with Crippen molar-refractivity contribution in [2.45, 2.75) is 20.8 Å². The van der Waals surface area contributed by atoms with Crippen LogP contribution in [0.15, 0.2) is 30.3 Å². The van der Waals surface area contributed by atoms with Gasteiger partial charge in [0.25, 0.3) is 5.91 Å². The molecule has 0 spiro atoms. The Labute approximate surface area is 135 Å². The molecule has 2 rings (SSSR count). The smallest absolute Gasteiger partial charge is 0.262 e. The maximum Gasteiger partial charge on any atom is 0.262 e. The number of halogens is 1. The maximum absolute atomic E-state index is 12.0. The van der Waals surface area contributed by atoms with Gasteiger partial charge in [0.2, 0.25) is 0 Å². The van der Waals surface area contributed by atoms with Gasteiger partial charge < -0.3 is 15.8 Å². The highest BCUT2D eigenvalue weighted by atomic mass is 35.5. The van der Waals surface area contributed by atoms with Crippen molar-refractivity contribution in [3.63, 3.8) is 0 Å². The molecule has 1 amide bonds. The molecule has 0 aliphatic rings. The van der Waals surface area contributed by atoms with Crippen molar-refractivity contribution >= 4 is 28.9 Å². The first kappa shape index (κ1) is 16.2. The van der Waals surface area contributed by atoms with Crippen LogP contribution >= 0.6 is 11.6 Å². The third-order valence-corrected chi connectivity index (χ3v) is 3.57. The van der Waals surface area contributed by atoms with Crippen LogP contribution in [0.1, 0.15) is 16.7 Å². The molecule has 0 aliphatic carbocycles. The topological polar surface area (TPSA) is 64.3 Å². The van der Waals surface area contributed by atoms with Crippen LogP contribution in [0.3, 0.4) is 0 Å². The molecule has 0 radical (unpaired) electrons. The van der Waals surface area contributed by atoms with E-state index < -0.39 is 0 Å². The van der Waals surface area contributed by atoms with Crippen LogP contribution < -0.4 is 15.8 Å². The Bertz CT molecular complexity index is 691. The summed E-state index contributed by atoms with van der Waals surface area (Å²) >= 11 is 6.11. The van der Waals surface area contributed by atoms with Crippen molar-refractivity contribution in [2.75, 3.05) is 17.7 Å². The Kier molecular flexibility index (Phi) is 4.93. The lowest BCUT2D eigenvalue weighted by atomic mass is 10.1. The molecule has 5 heteroatoms. The van der Waals surface area contributed by atoms with Gasteiger partial charge in [0, 0.05) is 5.69 Å². The second-order valence-corrected chi connectivity index (χ2v) is 5.71. The number of benzene rings is 2. The summed E-state index contributed by atoms with van der Waals surface area (Å²) in [5.41, 5.74) is 9.70. The minimum absolute atomic E-state index is 0.0789. The van der Waals surface area contributed by atoms with E-state index in [-0.39, 0.29) is 12.5 Å². The van der Waals surface area contributed by atoms with E-state index in [1.807, 2.05) is 39.0 Å².